The molecule has 1 aromatic heterocycles. The highest BCUT2D eigenvalue weighted by molar-refractivity contribution is 6.31. The van der Waals surface area contributed by atoms with Gasteiger partial charge >= 0.3 is 0 Å². The molecule has 2 N–H and O–H groups in total. The van der Waals surface area contributed by atoms with Crippen LogP contribution in [0.15, 0.2) is 30.3 Å². The van der Waals surface area contributed by atoms with Gasteiger partial charge in [0.25, 0.3) is 0 Å². The van der Waals surface area contributed by atoms with Crippen LogP contribution in [0.2, 0.25) is 5.02 Å². The van der Waals surface area contributed by atoms with Crippen LogP contribution in [0.1, 0.15) is 19.3 Å². The second-order valence-electron chi connectivity index (χ2n) is 6.75. The molecule has 0 unspecified atom stereocenters. The van der Waals surface area contributed by atoms with E-state index < -0.39 is 11.5 Å². The van der Waals surface area contributed by atoms with Gasteiger partial charge in [-0.2, -0.15) is 0 Å². The van der Waals surface area contributed by atoms with Crippen LogP contribution >= 0.6 is 11.6 Å². The summed E-state index contributed by atoms with van der Waals surface area (Å²) >= 11 is 6.03. The fourth-order valence-electron chi connectivity index (χ4n) is 3.90. The molecule has 126 valence electrons. The number of carbonyl (C=O) groups excluding carboxylic acids is 1. The Morgan fingerprint density at radius 1 is 1.33 bits per heavy atom. The number of nitrogens with zero attached hydrogens (tertiary/aromatic N) is 2. The second kappa shape index (κ2) is 5.90. The van der Waals surface area contributed by atoms with Gasteiger partial charge in [0.15, 0.2) is 0 Å². The number of aliphatic hydroxyl groups excluding tert-OH is 1. The van der Waals surface area contributed by atoms with Crippen molar-refractivity contribution in [1.29, 1.82) is 0 Å². The number of hydrogen-bond acceptors (Lipinski definition) is 4. The molecule has 2 aliphatic rings. The Bertz CT molecular complexity index is 797. The van der Waals surface area contributed by atoms with Gasteiger partial charge in [-0.3, -0.25) is 4.79 Å². The smallest absolute Gasteiger partial charge is 0.230 e. The number of rotatable bonds is 1. The fraction of sp³-hybridized carbons (Fsp3) is 0.444. The quantitative estimate of drug-likeness (QED) is 0.832. The summed E-state index contributed by atoms with van der Waals surface area (Å²) in [6.07, 6.45) is 1.61. The molecule has 4 rings (SSSR count). The summed E-state index contributed by atoms with van der Waals surface area (Å²) in [6.45, 7) is 1.90. The molecule has 1 amide bonds. The molecule has 24 heavy (non-hydrogen) atoms. The number of nitrogens with one attached hydrogen (secondary N) is 1. The molecule has 2 saturated heterocycles. The largest absolute Gasteiger partial charge is 0.392 e. The number of piperidine rings is 2. The number of hydrogen-bond donors (Lipinski definition) is 2. The van der Waals surface area contributed by atoms with E-state index in [2.05, 4.69) is 10.2 Å². The van der Waals surface area contributed by atoms with Crippen LogP contribution in [0.25, 0.3) is 10.9 Å². The van der Waals surface area contributed by atoms with E-state index in [9.17, 15) is 9.90 Å². The van der Waals surface area contributed by atoms with E-state index in [1.54, 1.807) is 0 Å². The van der Waals surface area contributed by atoms with Crippen LogP contribution in [0.5, 0.6) is 0 Å². The van der Waals surface area contributed by atoms with E-state index in [0.717, 1.165) is 29.6 Å². The van der Waals surface area contributed by atoms with Crippen molar-refractivity contribution >= 4 is 34.2 Å². The highest BCUT2D eigenvalue weighted by Gasteiger charge is 2.50. The first-order valence-corrected chi connectivity index (χ1v) is 8.74. The number of fused-ring (bicyclic) bond motifs is 1. The number of carbonyl (C=O) groups is 1. The molecule has 0 radical (unpaired) electrons. The van der Waals surface area contributed by atoms with Gasteiger partial charge < -0.3 is 15.3 Å². The van der Waals surface area contributed by atoms with Crippen molar-refractivity contribution in [3.63, 3.8) is 0 Å². The van der Waals surface area contributed by atoms with E-state index >= 15 is 0 Å². The Morgan fingerprint density at radius 2 is 2.21 bits per heavy atom. The van der Waals surface area contributed by atoms with Crippen LogP contribution in [-0.4, -0.2) is 41.7 Å². The predicted octanol–water partition coefficient (Wildman–Crippen LogP) is 2.36. The fourth-order valence-corrected chi connectivity index (χ4v) is 4.08. The molecule has 2 aliphatic heterocycles. The lowest BCUT2D eigenvalue weighted by Gasteiger charge is -2.47. The lowest BCUT2D eigenvalue weighted by atomic mass is 9.71. The average molecular weight is 346 g/mol. The summed E-state index contributed by atoms with van der Waals surface area (Å²) in [7, 11) is 0. The third kappa shape index (κ3) is 2.52. The van der Waals surface area contributed by atoms with Crippen LogP contribution in [0.4, 0.5) is 5.82 Å². The molecule has 0 aliphatic carbocycles. The molecule has 1 spiro atoms. The maximum atomic E-state index is 12.5. The van der Waals surface area contributed by atoms with Crippen molar-refractivity contribution in [3.05, 3.63) is 35.4 Å². The number of halogens is 1. The van der Waals surface area contributed by atoms with Gasteiger partial charge in [-0.05, 0) is 49.6 Å². The van der Waals surface area contributed by atoms with Gasteiger partial charge in [0, 0.05) is 30.0 Å². The molecule has 2 aromatic rings. The van der Waals surface area contributed by atoms with Crippen molar-refractivity contribution in [3.8, 4) is 0 Å². The SMILES string of the molecule is O=C1NCCC[C@]12CN(c1ccc3cc(Cl)ccc3n1)CC[C@H]2O. The highest BCUT2D eigenvalue weighted by Crippen LogP contribution is 2.38. The number of amides is 1. The number of pyridine rings is 1. The van der Waals surface area contributed by atoms with Crippen molar-refractivity contribution in [2.24, 2.45) is 5.41 Å². The molecular formula is C18H20ClN3O2. The van der Waals surface area contributed by atoms with Crippen molar-refractivity contribution < 1.29 is 9.90 Å². The van der Waals surface area contributed by atoms with Crippen LogP contribution in [-0.2, 0) is 4.79 Å². The Morgan fingerprint density at radius 3 is 3.04 bits per heavy atom. The summed E-state index contributed by atoms with van der Waals surface area (Å²) < 4.78 is 0. The summed E-state index contributed by atoms with van der Waals surface area (Å²) in [6, 6.07) is 9.59. The lowest BCUT2D eigenvalue weighted by molar-refractivity contribution is -0.142. The van der Waals surface area contributed by atoms with Crippen LogP contribution < -0.4 is 10.2 Å². The monoisotopic (exact) mass is 345 g/mol. The zero-order valence-electron chi connectivity index (χ0n) is 13.3. The number of benzene rings is 1. The minimum absolute atomic E-state index is 0.0291. The molecule has 0 bridgehead atoms. The summed E-state index contributed by atoms with van der Waals surface area (Å²) in [5.74, 6) is 0.813. The normalized spacial score (nSPS) is 27.5. The van der Waals surface area contributed by atoms with E-state index in [4.69, 9.17) is 16.6 Å². The van der Waals surface area contributed by atoms with Crippen molar-refractivity contribution in [1.82, 2.24) is 10.3 Å². The van der Waals surface area contributed by atoms with E-state index in [1.165, 1.54) is 0 Å². The standard InChI is InChI=1S/C18H20ClN3O2/c19-13-3-4-14-12(10-13)2-5-16(21-14)22-9-6-15(23)18(11-22)7-1-8-20-17(18)24/h2-5,10,15,23H,1,6-9,11H2,(H,20,24)/t15-,18-/m1/s1. The Labute approximate surface area is 145 Å². The van der Waals surface area contributed by atoms with Gasteiger partial charge in [0.1, 0.15) is 5.82 Å². The van der Waals surface area contributed by atoms with Gasteiger partial charge in [-0.1, -0.05) is 11.6 Å². The van der Waals surface area contributed by atoms with Crippen molar-refractivity contribution in [2.45, 2.75) is 25.4 Å². The van der Waals surface area contributed by atoms with E-state index in [1.807, 2.05) is 30.3 Å². The van der Waals surface area contributed by atoms with Gasteiger partial charge in [-0.25, -0.2) is 4.98 Å². The van der Waals surface area contributed by atoms with E-state index in [-0.39, 0.29) is 5.91 Å². The molecule has 6 heteroatoms. The Balaban J connectivity index is 1.66. The zero-order chi connectivity index (χ0) is 16.7. The first-order valence-electron chi connectivity index (χ1n) is 8.36. The molecule has 1 aromatic carbocycles. The van der Waals surface area contributed by atoms with Crippen LogP contribution in [0.3, 0.4) is 0 Å². The average Bonchev–Trinajstić information content (AvgIpc) is 2.59. The maximum absolute atomic E-state index is 12.5. The Kier molecular flexibility index (Phi) is 3.85. The topological polar surface area (TPSA) is 65.5 Å². The van der Waals surface area contributed by atoms with Gasteiger partial charge in [0.05, 0.1) is 17.0 Å². The molecule has 2 fully saturated rings. The molecular weight excluding hydrogens is 326 g/mol. The summed E-state index contributed by atoms with van der Waals surface area (Å²) in [5, 5.41) is 15.1. The number of aliphatic hydroxyl groups is 1. The highest BCUT2D eigenvalue weighted by atomic mass is 35.5. The molecule has 5 nitrogen and oxygen atoms in total. The number of aromatic nitrogens is 1. The molecule has 3 heterocycles. The Hall–Kier alpha value is -1.85. The predicted molar refractivity (Wildman–Crippen MR) is 94.3 cm³/mol. The lowest BCUT2D eigenvalue weighted by Crippen LogP contribution is -2.61. The second-order valence-corrected chi connectivity index (χ2v) is 7.18. The zero-order valence-corrected chi connectivity index (χ0v) is 14.1. The first-order chi connectivity index (χ1) is 11.6. The van der Waals surface area contributed by atoms with E-state index in [0.29, 0.717) is 31.1 Å². The minimum Gasteiger partial charge on any atom is -0.392 e. The summed E-state index contributed by atoms with van der Waals surface area (Å²) in [4.78, 5) is 19.3. The first kappa shape index (κ1) is 15.7. The third-order valence-corrected chi connectivity index (χ3v) is 5.52. The molecule has 0 saturated carbocycles. The van der Waals surface area contributed by atoms with Crippen molar-refractivity contribution in [2.75, 3.05) is 24.5 Å². The maximum Gasteiger partial charge on any atom is 0.230 e. The van der Waals surface area contributed by atoms with Gasteiger partial charge in [0.2, 0.25) is 5.91 Å². The number of anilines is 1. The third-order valence-electron chi connectivity index (χ3n) is 5.28. The van der Waals surface area contributed by atoms with Gasteiger partial charge in [-0.15, -0.1) is 0 Å². The minimum atomic E-state index is -0.715. The molecule has 2 atom stereocenters. The van der Waals surface area contributed by atoms with Crippen LogP contribution in [0, 0.1) is 5.41 Å². The summed E-state index contributed by atoms with van der Waals surface area (Å²) in [5.41, 5.74) is 0.165.